The smallest absolute Gasteiger partial charge is 0.258 e. The van der Waals surface area contributed by atoms with Crippen molar-refractivity contribution in [3.05, 3.63) is 64.0 Å². The van der Waals surface area contributed by atoms with Crippen LogP contribution >= 0.6 is 11.3 Å². The first-order chi connectivity index (χ1) is 17.0. The fourth-order valence-electron chi connectivity index (χ4n) is 5.07. The molecule has 0 unspecified atom stereocenters. The van der Waals surface area contributed by atoms with E-state index in [0.29, 0.717) is 18.2 Å². The maximum Gasteiger partial charge on any atom is 0.258 e. The number of nitrogens with zero attached hydrogens (tertiary/aromatic N) is 3. The Kier molecular flexibility index (Phi) is 6.97. The number of aromatic nitrogens is 1. The zero-order valence-corrected chi connectivity index (χ0v) is 21.3. The molecule has 6 nitrogen and oxygen atoms in total. The number of hydrogen-bond donors (Lipinski definition) is 1. The molecule has 0 radical (unpaired) electrons. The maximum atomic E-state index is 13.1. The van der Waals surface area contributed by atoms with E-state index in [0.717, 1.165) is 58.0 Å². The van der Waals surface area contributed by atoms with Crippen molar-refractivity contribution >= 4 is 34.0 Å². The number of amides is 2. The Balaban J connectivity index is 1.29. The van der Waals surface area contributed by atoms with Crippen LogP contribution in [0.3, 0.4) is 0 Å². The quantitative estimate of drug-likeness (QED) is 0.519. The van der Waals surface area contributed by atoms with Gasteiger partial charge in [-0.3, -0.25) is 14.5 Å². The SMILES string of the molecule is Cc1cccc(C(=O)N2CCc3cc(-c4nc(NC(=O)CN5CCCCCC5)sc4C)ccc32)c1. The summed E-state index contributed by atoms with van der Waals surface area (Å²) in [7, 11) is 0. The summed E-state index contributed by atoms with van der Waals surface area (Å²) in [5.41, 5.74) is 5.85. The average Bonchev–Trinajstić information content (AvgIpc) is 3.32. The van der Waals surface area contributed by atoms with Gasteiger partial charge in [0.1, 0.15) is 0 Å². The first-order valence-corrected chi connectivity index (χ1v) is 13.3. The summed E-state index contributed by atoms with van der Waals surface area (Å²) >= 11 is 1.51. The van der Waals surface area contributed by atoms with Gasteiger partial charge in [-0.25, -0.2) is 4.98 Å². The van der Waals surface area contributed by atoms with Gasteiger partial charge in [0.05, 0.1) is 12.2 Å². The van der Waals surface area contributed by atoms with E-state index >= 15 is 0 Å². The molecular formula is C28H32N4O2S. The lowest BCUT2D eigenvalue weighted by Gasteiger charge is -2.18. The Morgan fingerprint density at radius 2 is 1.80 bits per heavy atom. The van der Waals surface area contributed by atoms with Crippen LogP contribution in [0.4, 0.5) is 10.8 Å². The van der Waals surface area contributed by atoms with Gasteiger partial charge >= 0.3 is 0 Å². The van der Waals surface area contributed by atoms with Crippen LogP contribution in [0, 0.1) is 13.8 Å². The molecule has 3 heterocycles. The molecule has 2 aliphatic rings. The minimum atomic E-state index is 0.00598. The fraction of sp³-hybridized carbons (Fsp3) is 0.393. The van der Waals surface area contributed by atoms with Gasteiger partial charge in [0.15, 0.2) is 5.13 Å². The highest BCUT2D eigenvalue weighted by atomic mass is 32.1. The molecule has 1 N–H and O–H groups in total. The molecule has 0 saturated carbocycles. The molecule has 0 bridgehead atoms. The summed E-state index contributed by atoms with van der Waals surface area (Å²) in [6, 6.07) is 14.0. The maximum absolute atomic E-state index is 13.1. The predicted octanol–water partition coefficient (Wildman–Crippen LogP) is 5.44. The third-order valence-electron chi connectivity index (χ3n) is 6.87. The molecule has 0 spiro atoms. The van der Waals surface area contributed by atoms with Crippen molar-refractivity contribution in [3.8, 4) is 11.3 Å². The molecule has 0 atom stereocenters. The standard InChI is InChI=1S/C28H32N4O2S/c1-19-8-7-9-23(16-19)27(34)32-15-12-21-17-22(10-11-24(21)32)26-20(2)35-28(30-26)29-25(33)18-31-13-5-3-4-6-14-31/h7-11,16-17H,3-6,12-15,18H2,1-2H3,(H,29,30,33). The van der Waals surface area contributed by atoms with Gasteiger partial charge in [0.25, 0.3) is 5.91 Å². The van der Waals surface area contributed by atoms with Gasteiger partial charge < -0.3 is 10.2 Å². The summed E-state index contributed by atoms with van der Waals surface area (Å²) < 4.78 is 0. The van der Waals surface area contributed by atoms with Crippen molar-refractivity contribution in [1.29, 1.82) is 0 Å². The van der Waals surface area contributed by atoms with E-state index in [4.69, 9.17) is 4.98 Å². The molecule has 1 aromatic heterocycles. The lowest BCUT2D eigenvalue weighted by molar-refractivity contribution is -0.117. The summed E-state index contributed by atoms with van der Waals surface area (Å²) in [6.07, 6.45) is 5.67. The molecule has 3 aromatic rings. The Bertz CT molecular complexity index is 1240. The number of carbonyl (C=O) groups excluding carboxylic acids is 2. The number of aryl methyl sites for hydroxylation is 2. The number of fused-ring (bicyclic) bond motifs is 1. The van der Waals surface area contributed by atoms with Crippen LogP contribution < -0.4 is 10.2 Å². The molecule has 2 aliphatic heterocycles. The zero-order chi connectivity index (χ0) is 24.4. The molecule has 7 heteroatoms. The third kappa shape index (κ3) is 5.31. The van der Waals surface area contributed by atoms with Crippen molar-refractivity contribution in [1.82, 2.24) is 9.88 Å². The monoisotopic (exact) mass is 488 g/mol. The molecule has 35 heavy (non-hydrogen) atoms. The number of benzene rings is 2. The minimum Gasteiger partial charge on any atom is -0.308 e. The summed E-state index contributed by atoms with van der Waals surface area (Å²) in [5, 5.41) is 3.66. The number of anilines is 2. The van der Waals surface area contributed by atoms with E-state index < -0.39 is 0 Å². The van der Waals surface area contributed by atoms with Crippen molar-refractivity contribution in [3.63, 3.8) is 0 Å². The van der Waals surface area contributed by atoms with Crippen molar-refractivity contribution < 1.29 is 9.59 Å². The molecule has 2 aromatic carbocycles. The summed E-state index contributed by atoms with van der Waals surface area (Å²) in [4.78, 5) is 35.7. The number of hydrogen-bond acceptors (Lipinski definition) is 5. The normalized spacial score (nSPS) is 16.1. The van der Waals surface area contributed by atoms with Gasteiger partial charge in [-0.05, 0) is 76.0 Å². The van der Waals surface area contributed by atoms with Gasteiger partial charge in [-0.2, -0.15) is 0 Å². The second kappa shape index (κ2) is 10.3. The topological polar surface area (TPSA) is 65.5 Å². The van der Waals surface area contributed by atoms with Crippen LogP contribution in [0.15, 0.2) is 42.5 Å². The summed E-state index contributed by atoms with van der Waals surface area (Å²) in [5.74, 6) is 0.0471. The Morgan fingerprint density at radius 1 is 1.00 bits per heavy atom. The first-order valence-electron chi connectivity index (χ1n) is 12.5. The zero-order valence-electron chi connectivity index (χ0n) is 20.5. The van der Waals surface area contributed by atoms with Crippen LogP contribution in [0.5, 0.6) is 0 Å². The number of rotatable bonds is 5. The largest absolute Gasteiger partial charge is 0.308 e. The van der Waals surface area contributed by atoms with Crippen LogP contribution in [-0.4, -0.2) is 47.9 Å². The predicted molar refractivity (Wildman–Crippen MR) is 142 cm³/mol. The van der Waals surface area contributed by atoms with Crippen LogP contribution in [-0.2, 0) is 11.2 Å². The fourth-order valence-corrected chi connectivity index (χ4v) is 5.92. The van der Waals surface area contributed by atoms with Crippen LogP contribution in [0.2, 0.25) is 0 Å². The van der Waals surface area contributed by atoms with Gasteiger partial charge in [0.2, 0.25) is 5.91 Å². The first kappa shape index (κ1) is 23.7. The van der Waals surface area contributed by atoms with E-state index in [1.807, 2.05) is 55.1 Å². The number of carbonyl (C=O) groups is 2. The lowest BCUT2D eigenvalue weighted by atomic mass is 10.1. The molecule has 2 amide bonds. The van der Waals surface area contributed by atoms with Crippen molar-refractivity contribution in [2.24, 2.45) is 0 Å². The molecule has 0 aliphatic carbocycles. The summed E-state index contributed by atoms with van der Waals surface area (Å²) in [6.45, 7) is 7.14. The molecule has 1 saturated heterocycles. The van der Waals surface area contributed by atoms with Gasteiger partial charge in [0, 0.05) is 28.2 Å². The van der Waals surface area contributed by atoms with Gasteiger partial charge in [-0.15, -0.1) is 11.3 Å². The highest BCUT2D eigenvalue weighted by Crippen LogP contribution is 2.36. The average molecular weight is 489 g/mol. The van der Waals surface area contributed by atoms with E-state index in [1.54, 1.807) is 0 Å². The van der Waals surface area contributed by atoms with E-state index in [9.17, 15) is 9.59 Å². The Morgan fingerprint density at radius 3 is 2.57 bits per heavy atom. The van der Waals surface area contributed by atoms with E-state index in [-0.39, 0.29) is 11.8 Å². The number of likely N-dealkylation sites (tertiary alicyclic amines) is 1. The van der Waals surface area contributed by atoms with Gasteiger partial charge in [-0.1, -0.05) is 36.6 Å². The van der Waals surface area contributed by atoms with Crippen LogP contribution in [0.25, 0.3) is 11.3 Å². The number of nitrogens with one attached hydrogen (secondary N) is 1. The molecule has 182 valence electrons. The second-order valence-electron chi connectivity index (χ2n) is 9.58. The highest BCUT2D eigenvalue weighted by Gasteiger charge is 2.26. The van der Waals surface area contributed by atoms with E-state index in [1.165, 1.54) is 37.0 Å². The molecular weight excluding hydrogens is 456 g/mol. The second-order valence-corrected chi connectivity index (χ2v) is 10.8. The molecule has 1 fully saturated rings. The third-order valence-corrected chi connectivity index (χ3v) is 7.75. The van der Waals surface area contributed by atoms with Crippen LogP contribution in [0.1, 0.15) is 52.0 Å². The minimum absolute atomic E-state index is 0.00598. The van der Waals surface area contributed by atoms with E-state index in [2.05, 4.69) is 16.3 Å². The number of thiazole rings is 1. The Hall–Kier alpha value is -3.03. The Labute approximate surface area is 211 Å². The highest BCUT2D eigenvalue weighted by molar-refractivity contribution is 7.16. The lowest BCUT2D eigenvalue weighted by Crippen LogP contribution is -2.33. The molecule has 5 rings (SSSR count). The van der Waals surface area contributed by atoms with Crippen molar-refractivity contribution in [2.45, 2.75) is 46.0 Å². The van der Waals surface area contributed by atoms with Crippen molar-refractivity contribution in [2.75, 3.05) is 36.4 Å².